The van der Waals surface area contributed by atoms with Gasteiger partial charge in [0.25, 0.3) is 0 Å². The summed E-state index contributed by atoms with van der Waals surface area (Å²) in [6, 6.07) is 9.58. The number of piperazine rings is 1. The number of amides is 1. The van der Waals surface area contributed by atoms with Crippen LogP contribution in [0.1, 0.15) is 29.2 Å². The van der Waals surface area contributed by atoms with Gasteiger partial charge in [-0.2, -0.15) is 5.10 Å². The number of carbonyl (C=O) groups is 1. The number of hydrogen-bond donors (Lipinski definition) is 3. The van der Waals surface area contributed by atoms with Crippen molar-refractivity contribution in [3.05, 3.63) is 71.7 Å². The highest BCUT2D eigenvalue weighted by Crippen LogP contribution is 2.30. The van der Waals surface area contributed by atoms with Crippen molar-refractivity contribution in [1.29, 1.82) is 0 Å². The van der Waals surface area contributed by atoms with E-state index in [9.17, 15) is 9.90 Å². The fourth-order valence-corrected chi connectivity index (χ4v) is 4.93. The van der Waals surface area contributed by atoms with Crippen LogP contribution in [-0.2, 0) is 17.8 Å². The Hall–Kier alpha value is -3.27. The summed E-state index contributed by atoms with van der Waals surface area (Å²) in [7, 11) is 0. The molecule has 4 heterocycles. The lowest BCUT2D eigenvalue weighted by molar-refractivity contribution is -0.126. The molecule has 2 aliphatic heterocycles. The van der Waals surface area contributed by atoms with Crippen molar-refractivity contribution in [2.24, 2.45) is 0 Å². The monoisotopic (exact) mass is 475 g/mol. The van der Waals surface area contributed by atoms with Crippen molar-refractivity contribution in [1.82, 2.24) is 29.7 Å². The summed E-state index contributed by atoms with van der Waals surface area (Å²) in [4.78, 5) is 21.6. The molecular weight excluding hydrogens is 442 g/mol. The number of anilines is 1. The number of nitrogens with one attached hydrogen (secondary N) is 2. The van der Waals surface area contributed by atoms with Crippen molar-refractivity contribution < 1.29 is 9.90 Å². The van der Waals surface area contributed by atoms with Gasteiger partial charge in [0.05, 0.1) is 12.6 Å². The van der Waals surface area contributed by atoms with Gasteiger partial charge in [0.2, 0.25) is 5.91 Å². The van der Waals surface area contributed by atoms with Crippen LogP contribution in [0.5, 0.6) is 0 Å². The SMILES string of the molecule is O=C(/C=C/CCN1CCNCC1)N1CCc2c(cn3ncnc(N[C@H](CO)c4ccccc4)c23)C1. The van der Waals surface area contributed by atoms with Crippen LogP contribution >= 0.6 is 0 Å². The van der Waals surface area contributed by atoms with Crippen LogP contribution in [-0.4, -0.2) is 81.3 Å². The van der Waals surface area contributed by atoms with E-state index in [1.165, 1.54) is 6.33 Å². The Morgan fingerprint density at radius 1 is 1.20 bits per heavy atom. The highest BCUT2D eigenvalue weighted by atomic mass is 16.3. The Kier molecular flexibility index (Phi) is 7.37. The van der Waals surface area contributed by atoms with Gasteiger partial charge < -0.3 is 25.5 Å². The second-order valence-electron chi connectivity index (χ2n) is 9.12. The first kappa shape index (κ1) is 23.5. The van der Waals surface area contributed by atoms with Crippen LogP contribution in [0.4, 0.5) is 5.82 Å². The fraction of sp³-hybridized carbons (Fsp3) is 0.423. The zero-order chi connectivity index (χ0) is 24.0. The van der Waals surface area contributed by atoms with E-state index >= 15 is 0 Å². The average molecular weight is 476 g/mol. The smallest absolute Gasteiger partial charge is 0.246 e. The molecule has 1 fully saturated rings. The van der Waals surface area contributed by atoms with Gasteiger partial charge >= 0.3 is 0 Å². The number of aliphatic hydroxyl groups excluding tert-OH is 1. The third-order valence-corrected chi connectivity index (χ3v) is 6.85. The van der Waals surface area contributed by atoms with Gasteiger partial charge in [-0.15, -0.1) is 0 Å². The molecule has 1 atom stereocenters. The first-order valence-corrected chi connectivity index (χ1v) is 12.4. The van der Waals surface area contributed by atoms with Crippen LogP contribution < -0.4 is 10.6 Å². The van der Waals surface area contributed by atoms with Gasteiger partial charge in [0.1, 0.15) is 11.8 Å². The predicted molar refractivity (Wildman–Crippen MR) is 135 cm³/mol. The zero-order valence-electron chi connectivity index (χ0n) is 19.9. The largest absolute Gasteiger partial charge is 0.394 e. The number of aliphatic hydroxyl groups is 1. The maximum absolute atomic E-state index is 12.8. The van der Waals surface area contributed by atoms with Crippen LogP contribution in [0.3, 0.4) is 0 Å². The van der Waals surface area contributed by atoms with Gasteiger partial charge in [0, 0.05) is 52.0 Å². The van der Waals surface area contributed by atoms with Crippen LogP contribution in [0.2, 0.25) is 0 Å². The molecule has 0 aliphatic carbocycles. The van der Waals surface area contributed by atoms with E-state index in [4.69, 9.17) is 0 Å². The lowest BCUT2D eigenvalue weighted by Gasteiger charge is -2.27. The molecule has 0 spiro atoms. The van der Waals surface area contributed by atoms with E-state index in [1.54, 1.807) is 6.08 Å². The maximum atomic E-state index is 12.8. The first-order chi connectivity index (χ1) is 17.2. The molecule has 184 valence electrons. The highest BCUT2D eigenvalue weighted by Gasteiger charge is 2.25. The average Bonchev–Trinajstić information content (AvgIpc) is 3.29. The molecule has 3 aromatic rings. The summed E-state index contributed by atoms with van der Waals surface area (Å²) in [5.41, 5.74) is 4.15. The number of fused-ring (bicyclic) bond motifs is 3. The molecule has 5 rings (SSSR count). The summed E-state index contributed by atoms with van der Waals surface area (Å²) in [5.74, 6) is 0.747. The molecular formula is C26H33N7O2. The van der Waals surface area contributed by atoms with Crippen molar-refractivity contribution >= 4 is 17.2 Å². The Morgan fingerprint density at radius 2 is 2.03 bits per heavy atom. The Labute approximate surface area is 205 Å². The summed E-state index contributed by atoms with van der Waals surface area (Å²) in [5, 5.41) is 21.2. The van der Waals surface area contributed by atoms with E-state index in [0.717, 1.165) is 67.8 Å². The fourth-order valence-electron chi connectivity index (χ4n) is 4.93. The quantitative estimate of drug-likeness (QED) is 0.426. The normalized spacial score (nSPS) is 17.6. The van der Waals surface area contributed by atoms with Crippen LogP contribution in [0, 0.1) is 0 Å². The maximum Gasteiger partial charge on any atom is 0.246 e. The Balaban J connectivity index is 1.26. The first-order valence-electron chi connectivity index (χ1n) is 12.4. The van der Waals surface area contributed by atoms with Crippen LogP contribution in [0.15, 0.2) is 55.0 Å². The number of benzene rings is 1. The van der Waals surface area contributed by atoms with Crippen molar-refractivity contribution in [2.75, 3.05) is 51.2 Å². The van der Waals surface area contributed by atoms with E-state index in [2.05, 4.69) is 25.6 Å². The highest BCUT2D eigenvalue weighted by molar-refractivity contribution is 5.88. The third kappa shape index (κ3) is 5.37. The topological polar surface area (TPSA) is 98.0 Å². The molecule has 1 saturated heterocycles. The van der Waals surface area contributed by atoms with Gasteiger partial charge in [-0.25, -0.2) is 9.50 Å². The van der Waals surface area contributed by atoms with E-state index < -0.39 is 0 Å². The number of nitrogens with zero attached hydrogens (tertiary/aromatic N) is 5. The van der Waals surface area contributed by atoms with Gasteiger partial charge in [0.15, 0.2) is 5.82 Å². The van der Waals surface area contributed by atoms with Gasteiger partial charge in [-0.1, -0.05) is 36.4 Å². The number of rotatable bonds is 8. The van der Waals surface area contributed by atoms with E-state index in [1.807, 2.05) is 52.0 Å². The van der Waals surface area contributed by atoms with Crippen molar-refractivity contribution in [3.63, 3.8) is 0 Å². The molecule has 0 unspecified atom stereocenters. The molecule has 2 aliphatic rings. The van der Waals surface area contributed by atoms with E-state index in [-0.39, 0.29) is 18.6 Å². The zero-order valence-corrected chi connectivity index (χ0v) is 19.9. The third-order valence-electron chi connectivity index (χ3n) is 6.85. The molecule has 9 heteroatoms. The standard InChI is InChI=1S/C26H33N7O2/c34-18-23(20-6-2-1-3-7-20)30-26-25-22-9-13-32(16-21(22)17-33(25)29-19-28-26)24(35)8-4-5-12-31-14-10-27-11-15-31/h1-4,6-8,17,19,23,27,34H,5,9-16,18H2,(H,28,29,30)/b8-4+/t23-/m1/s1. The lowest BCUT2D eigenvalue weighted by Crippen LogP contribution is -2.43. The summed E-state index contributed by atoms with van der Waals surface area (Å²) >= 11 is 0. The van der Waals surface area contributed by atoms with Gasteiger partial charge in [-0.3, -0.25) is 4.79 Å². The minimum Gasteiger partial charge on any atom is -0.394 e. The number of hydrogen-bond acceptors (Lipinski definition) is 7. The predicted octanol–water partition coefficient (Wildman–Crippen LogP) is 1.61. The minimum absolute atomic E-state index is 0.0493. The Bertz CT molecular complexity index is 1170. The molecule has 0 radical (unpaired) electrons. The second-order valence-corrected chi connectivity index (χ2v) is 9.12. The molecule has 1 amide bonds. The molecule has 1 aromatic carbocycles. The lowest BCUT2D eigenvalue weighted by atomic mass is 10.0. The molecule has 0 saturated carbocycles. The molecule has 2 aromatic heterocycles. The number of aromatic nitrogens is 3. The molecule has 9 nitrogen and oxygen atoms in total. The van der Waals surface area contributed by atoms with Crippen molar-refractivity contribution in [2.45, 2.75) is 25.4 Å². The summed E-state index contributed by atoms with van der Waals surface area (Å²) in [6.07, 6.45) is 8.86. The van der Waals surface area contributed by atoms with E-state index in [0.29, 0.717) is 18.9 Å². The van der Waals surface area contributed by atoms with Crippen molar-refractivity contribution in [3.8, 4) is 0 Å². The number of carbonyl (C=O) groups excluding carboxylic acids is 1. The molecule has 35 heavy (non-hydrogen) atoms. The van der Waals surface area contributed by atoms with Gasteiger partial charge in [-0.05, 0) is 35.6 Å². The molecule has 0 bridgehead atoms. The molecule has 3 N–H and O–H groups in total. The summed E-state index contributed by atoms with van der Waals surface area (Å²) in [6.45, 7) is 6.38. The summed E-state index contributed by atoms with van der Waals surface area (Å²) < 4.78 is 1.83. The minimum atomic E-state index is -0.270. The Morgan fingerprint density at radius 3 is 2.83 bits per heavy atom. The van der Waals surface area contributed by atoms with Crippen LogP contribution in [0.25, 0.3) is 5.52 Å². The second kappa shape index (κ2) is 11.0.